The van der Waals surface area contributed by atoms with Gasteiger partial charge in [-0.15, -0.1) is 0 Å². The summed E-state index contributed by atoms with van der Waals surface area (Å²) in [6.07, 6.45) is 8.15. The fourth-order valence-corrected chi connectivity index (χ4v) is 5.16. The van der Waals surface area contributed by atoms with Crippen LogP contribution >= 0.6 is 11.6 Å². The molecule has 1 aromatic heterocycles. The number of fused-ring (bicyclic) bond motifs is 2. The molecule has 1 fully saturated rings. The van der Waals surface area contributed by atoms with Crippen LogP contribution in [0.5, 0.6) is 11.6 Å². The topological polar surface area (TPSA) is 110 Å². The molecule has 1 aromatic carbocycles. The summed E-state index contributed by atoms with van der Waals surface area (Å²) in [4.78, 5) is 28.8. The second-order valence-corrected chi connectivity index (χ2v) is 9.71. The number of pyridine rings is 1. The first-order chi connectivity index (χ1) is 17.3. The molecule has 8 nitrogen and oxygen atoms in total. The van der Waals surface area contributed by atoms with Crippen LogP contribution in [0.15, 0.2) is 30.4 Å². The standard InChI is InChI=1S/C27H32ClN3O5/c1-16-12-17-6-4-3-5-7-21-22(25(32)29-15-23(17)26(30-16)35-2)13-18(28)14-24(21)36-20-10-8-19(9-11-20)31-27(33)34/h3,5,12-14,19-20,31H,4,6-11,15H2,1-2H3,(H,29,32)(H,33,34). The van der Waals surface area contributed by atoms with E-state index in [1.165, 1.54) is 0 Å². The number of rotatable bonds is 4. The third-order valence-corrected chi connectivity index (χ3v) is 6.93. The van der Waals surface area contributed by atoms with Crippen molar-refractivity contribution >= 4 is 23.6 Å². The van der Waals surface area contributed by atoms with Gasteiger partial charge in [-0.2, -0.15) is 0 Å². The summed E-state index contributed by atoms with van der Waals surface area (Å²) < 4.78 is 11.9. The van der Waals surface area contributed by atoms with Crippen molar-refractivity contribution in [1.82, 2.24) is 15.6 Å². The van der Waals surface area contributed by atoms with E-state index in [0.29, 0.717) is 41.5 Å². The number of ether oxygens (including phenoxy) is 2. The van der Waals surface area contributed by atoms with Gasteiger partial charge < -0.3 is 25.2 Å². The van der Waals surface area contributed by atoms with Gasteiger partial charge in [-0.3, -0.25) is 4.79 Å². The Hall–Kier alpha value is -3.26. The van der Waals surface area contributed by atoms with Crippen LogP contribution < -0.4 is 20.1 Å². The van der Waals surface area contributed by atoms with Crippen molar-refractivity contribution < 1.29 is 24.2 Å². The van der Waals surface area contributed by atoms with Crippen LogP contribution in [0.1, 0.15) is 64.8 Å². The average Bonchev–Trinajstić information content (AvgIpc) is 2.83. The fraction of sp³-hybridized carbons (Fsp3) is 0.444. The van der Waals surface area contributed by atoms with Crippen LogP contribution in [-0.2, 0) is 19.4 Å². The van der Waals surface area contributed by atoms with E-state index in [1.54, 1.807) is 19.2 Å². The number of amides is 2. The Morgan fingerprint density at radius 3 is 2.67 bits per heavy atom. The third-order valence-electron chi connectivity index (χ3n) is 6.71. The summed E-state index contributed by atoms with van der Waals surface area (Å²) in [5, 5.41) is 15.0. The number of aryl methyl sites for hydroxylation is 2. The second-order valence-electron chi connectivity index (χ2n) is 9.28. The predicted molar refractivity (Wildman–Crippen MR) is 137 cm³/mol. The van der Waals surface area contributed by atoms with E-state index in [9.17, 15) is 9.59 Å². The lowest BCUT2D eigenvalue weighted by molar-refractivity contribution is 0.0947. The fourth-order valence-electron chi connectivity index (χ4n) is 4.95. The minimum absolute atomic E-state index is 0.0610. The van der Waals surface area contributed by atoms with Crippen LogP contribution in [0.25, 0.3) is 0 Å². The molecular formula is C27H32ClN3O5. The zero-order valence-electron chi connectivity index (χ0n) is 20.6. The van der Waals surface area contributed by atoms with Gasteiger partial charge in [0.05, 0.1) is 13.2 Å². The lowest BCUT2D eigenvalue weighted by Crippen LogP contribution is -2.39. The van der Waals surface area contributed by atoms with E-state index < -0.39 is 6.09 Å². The molecule has 2 aromatic rings. The molecular weight excluding hydrogens is 482 g/mol. The smallest absolute Gasteiger partial charge is 0.404 e. The van der Waals surface area contributed by atoms with Gasteiger partial charge in [-0.25, -0.2) is 9.78 Å². The summed E-state index contributed by atoms with van der Waals surface area (Å²) in [5.41, 5.74) is 4.11. The molecule has 0 atom stereocenters. The maximum absolute atomic E-state index is 13.4. The van der Waals surface area contributed by atoms with E-state index >= 15 is 0 Å². The van der Waals surface area contributed by atoms with Crippen molar-refractivity contribution in [1.29, 1.82) is 0 Å². The van der Waals surface area contributed by atoms with Gasteiger partial charge in [-0.05, 0) is 75.6 Å². The number of benzene rings is 1. The molecule has 2 aliphatic rings. The molecule has 36 heavy (non-hydrogen) atoms. The van der Waals surface area contributed by atoms with Crippen molar-refractivity contribution in [3.8, 4) is 11.6 Å². The Labute approximate surface area is 216 Å². The molecule has 0 spiro atoms. The number of nitrogens with one attached hydrogen (secondary N) is 2. The highest BCUT2D eigenvalue weighted by Gasteiger charge is 2.26. The number of carboxylic acid groups (broad SMARTS) is 1. The predicted octanol–water partition coefficient (Wildman–Crippen LogP) is 4.98. The summed E-state index contributed by atoms with van der Waals surface area (Å²) in [6, 6.07) is 5.42. The zero-order chi connectivity index (χ0) is 25.7. The van der Waals surface area contributed by atoms with Gasteiger partial charge >= 0.3 is 6.09 Å². The molecule has 4 rings (SSSR count). The normalized spacial score (nSPS) is 20.1. The Kier molecular flexibility index (Phi) is 8.36. The lowest BCUT2D eigenvalue weighted by atomic mass is 9.92. The molecule has 192 valence electrons. The van der Waals surface area contributed by atoms with Crippen molar-refractivity contribution in [2.24, 2.45) is 0 Å². The number of carbonyl (C=O) groups excluding carboxylic acids is 1. The zero-order valence-corrected chi connectivity index (χ0v) is 21.4. The third kappa shape index (κ3) is 6.29. The summed E-state index contributed by atoms with van der Waals surface area (Å²) in [5.74, 6) is 0.878. The number of aromatic nitrogens is 1. The van der Waals surface area contributed by atoms with Crippen molar-refractivity contribution in [3.05, 3.63) is 63.3 Å². The Bertz CT molecular complexity index is 1160. The lowest BCUT2D eigenvalue weighted by Gasteiger charge is -2.29. The highest BCUT2D eigenvalue weighted by Crippen LogP contribution is 2.33. The number of allylic oxidation sites excluding steroid dienone is 2. The van der Waals surface area contributed by atoms with Gasteiger partial charge in [0.1, 0.15) is 5.75 Å². The highest BCUT2D eigenvalue weighted by atomic mass is 35.5. The molecule has 0 unspecified atom stereocenters. The van der Waals surface area contributed by atoms with Crippen molar-refractivity contribution in [2.45, 2.75) is 70.6 Å². The van der Waals surface area contributed by atoms with E-state index in [2.05, 4.69) is 27.8 Å². The van der Waals surface area contributed by atoms with Crippen molar-refractivity contribution in [3.63, 3.8) is 0 Å². The van der Waals surface area contributed by atoms with Gasteiger partial charge in [0, 0.05) is 40.0 Å². The number of hydrogen-bond acceptors (Lipinski definition) is 5. The van der Waals surface area contributed by atoms with Gasteiger partial charge in [0.2, 0.25) is 5.88 Å². The van der Waals surface area contributed by atoms with Crippen LogP contribution in [0.4, 0.5) is 4.79 Å². The van der Waals surface area contributed by atoms with Crippen LogP contribution in [0.2, 0.25) is 5.02 Å². The molecule has 0 radical (unpaired) electrons. The summed E-state index contributed by atoms with van der Waals surface area (Å²) in [7, 11) is 1.59. The van der Waals surface area contributed by atoms with E-state index in [0.717, 1.165) is 48.1 Å². The molecule has 2 heterocycles. The van der Waals surface area contributed by atoms with E-state index in [-0.39, 0.29) is 24.6 Å². The van der Waals surface area contributed by atoms with Gasteiger partial charge in [-0.1, -0.05) is 23.8 Å². The molecule has 1 aliphatic heterocycles. The summed E-state index contributed by atoms with van der Waals surface area (Å²) >= 11 is 6.43. The van der Waals surface area contributed by atoms with Gasteiger partial charge in [0.25, 0.3) is 5.91 Å². The minimum atomic E-state index is -1.00. The maximum Gasteiger partial charge on any atom is 0.404 e. The van der Waals surface area contributed by atoms with Crippen LogP contribution in [0, 0.1) is 6.92 Å². The molecule has 2 amide bonds. The highest BCUT2D eigenvalue weighted by molar-refractivity contribution is 6.31. The summed E-state index contributed by atoms with van der Waals surface area (Å²) in [6.45, 7) is 2.22. The first-order valence-electron chi connectivity index (χ1n) is 12.3. The molecule has 0 bridgehead atoms. The molecule has 1 aliphatic carbocycles. The average molecular weight is 514 g/mol. The van der Waals surface area contributed by atoms with Crippen LogP contribution in [-0.4, -0.2) is 41.3 Å². The SMILES string of the molecule is COc1nc(C)cc2c1CNC(=O)c1cc(Cl)cc(OC3CCC(NC(=O)O)CC3)c1CC=CCC2. The van der Waals surface area contributed by atoms with E-state index in [4.69, 9.17) is 26.2 Å². The number of halogens is 1. The Balaban J connectivity index is 1.59. The number of hydrogen-bond donors (Lipinski definition) is 3. The quantitative estimate of drug-likeness (QED) is 0.497. The second kappa shape index (κ2) is 11.6. The number of carbonyl (C=O) groups is 2. The molecule has 0 saturated heterocycles. The van der Waals surface area contributed by atoms with E-state index in [1.807, 2.05) is 13.0 Å². The maximum atomic E-state index is 13.4. The first kappa shape index (κ1) is 25.8. The first-order valence-corrected chi connectivity index (χ1v) is 12.7. The molecule has 9 heteroatoms. The van der Waals surface area contributed by atoms with Crippen molar-refractivity contribution in [2.75, 3.05) is 7.11 Å². The number of methoxy groups -OCH3 is 1. The largest absolute Gasteiger partial charge is 0.490 e. The van der Waals surface area contributed by atoms with Crippen LogP contribution in [0.3, 0.4) is 0 Å². The Morgan fingerprint density at radius 2 is 1.94 bits per heavy atom. The Morgan fingerprint density at radius 1 is 1.17 bits per heavy atom. The number of nitrogens with zero attached hydrogens (tertiary/aromatic N) is 1. The minimum Gasteiger partial charge on any atom is -0.490 e. The monoisotopic (exact) mass is 513 g/mol. The molecule has 1 saturated carbocycles. The molecule has 3 N–H and O–H groups in total. The van der Waals surface area contributed by atoms with Gasteiger partial charge in [0.15, 0.2) is 0 Å².